The summed E-state index contributed by atoms with van der Waals surface area (Å²) in [6, 6.07) is 0. The quantitative estimate of drug-likeness (QED) is 0.323. The molecule has 1 rings (SSSR count). The fourth-order valence-corrected chi connectivity index (χ4v) is 4.63. The summed E-state index contributed by atoms with van der Waals surface area (Å²) in [6.07, 6.45) is 7.30. The molecule has 4 nitrogen and oxygen atoms in total. The molecule has 2 atom stereocenters. The summed E-state index contributed by atoms with van der Waals surface area (Å²) in [5.74, 6) is 0.943. The molecule has 1 aliphatic rings. The van der Waals surface area contributed by atoms with Crippen LogP contribution in [0.4, 0.5) is 0 Å². The summed E-state index contributed by atoms with van der Waals surface area (Å²) >= 11 is 0. The highest BCUT2D eigenvalue weighted by atomic mass is 16.5. The van der Waals surface area contributed by atoms with Crippen molar-refractivity contribution in [3.8, 4) is 0 Å². The van der Waals surface area contributed by atoms with E-state index in [0.717, 1.165) is 51.4 Å². The molecule has 2 unspecified atom stereocenters. The minimum atomic E-state index is -0.0891. The highest BCUT2D eigenvalue weighted by Crippen LogP contribution is 2.33. The smallest absolute Gasteiger partial charge is 0.308 e. The lowest BCUT2D eigenvalue weighted by Crippen LogP contribution is -2.32. The lowest BCUT2D eigenvalue weighted by atomic mass is 9.81. The normalized spacial score (nSPS) is 22.3. The number of rotatable bonds is 12. The Hall–Kier alpha value is -1.06. The van der Waals surface area contributed by atoms with E-state index in [2.05, 4.69) is 55.4 Å². The molecule has 0 saturated heterocycles. The zero-order chi connectivity index (χ0) is 22.9. The van der Waals surface area contributed by atoms with E-state index in [1.807, 2.05) is 0 Å². The number of ether oxygens (including phenoxy) is 2. The van der Waals surface area contributed by atoms with E-state index >= 15 is 0 Å². The Bertz CT molecular complexity index is 481. The van der Waals surface area contributed by atoms with Crippen LogP contribution in [0.2, 0.25) is 0 Å². The molecular weight excluding hydrogens is 376 g/mol. The standard InChI is InChI=1S/C26H48O4/c1-9-19(3)15-25(5,6)17-29-23(27)21-11-13-22(14-12-21)24(28)30-18-26(7,8)16-20(4)10-2/h19-22H,9-18H2,1-8H3. The predicted molar refractivity (Wildman–Crippen MR) is 123 cm³/mol. The lowest BCUT2D eigenvalue weighted by Gasteiger charge is -2.31. The monoisotopic (exact) mass is 424 g/mol. The summed E-state index contributed by atoms with van der Waals surface area (Å²) in [5.41, 5.74) is 0.0162. The first kappa shape index (κ1) is 27.0. The van der Waals surface area contributed by atoms with Gasteiger partial charge in [-0.3, -0.25) is 9.59 Å². The first-order valence-corrected chi connectivity index (χ1v) is 12.2. The lowest BCUT2D eigenvalue weighted by molar-refractivity contribution is -0.158. The van der Waals surface area contributed by atoms with Crippen LogP contribution in [0.15, 0.2) is 0 Å². The van der Waals surface area contributed by atoms with Gasteiger partial charge in [-0.25, -0.2) is 0 Å². The van der Waals surface area contributed by atoms with Crippen LogP contribution < -0.4 is 0 Å². The van der Waals surface area contributed by atoms with E-state index < -0.39 is 0 Å². The maximum atomic E-state index is 12.5. The highest BCUT2D eigenvalue weighted by Gasteiger charge is 2.33. The van der Waals surface area contributed by atoms with E-state index in [1.54, 1.807) is 0 Å². The third-order valence-electron chi connectivity index (χ3n) is 6.80. The molecule has 0 N–H and O–H groups in total. The fourth-order valence-electron chi connectivity index (χ4n) is 4.63. The van der Waals surface area contributed by atoms with Crippen molar-refractivity contribution in [2.24, 2.45) is 34.5 Å². The summed E-state index contributed by atoms with van der Waals surface area (Å²) in [6.45, 7) is 18.5. The van der Waals surface area contributed by atoms with Crippen molar-refractivity contribution < 1.29 is 19.1 Å². The van der Waals surface area contributed by atoms with Gasteiger partial charge in [0, 0.05) is 0 Å². The van der Waals surface area contributed by atoms with Crippen LogP contribution in [-0.2, 0) is 19.1 Å². The third-order valence-corrected chi connectivity index (χ3v) is 6.80. The molecule has 0 aliphatic heterocycles. The van der Waals surface area contributed by atoms with Crippen molar-refractivity contribution in [1.82, 2.24) is 0 Å². The van der Waals surface area contributed by atoms with Crippen LogP contribution in [0.5, 0.6) is 0 Å². The van der Waals surface area contributed by atoms with Crippen LogP contribution >= 0.6 is 0 Å². The van der Waals surface area contributed by atoms with Gasteiger partial charge in [0.1, 0.15) is 0 Å². The van der Waals surface area contributed by atoms with Gasteiger partial charge in [-0.15, -0.1) is 0 Å². The van der Waals surface area contributed by atoms with Gasteiger partial charge in [0.2, 0.25) is 0 Å². The van der Waals surface area contributed by atoms with Crippen molar-refractivity contribution >= 4 is 11.9 Å². The number of hydrogen-bond acceptors (Lipinski definition) is 4. The average molecular weight is 425 g/mol. The van der Waals surface area contributed by atoms with Crippen LogP contribution in [0.3, 0.4) is 0 Å². The third kappa shape index (κ3) is 9.83. The second-order valence-corrected chi connectivity index (χ2v) is 11.5. The molecular formula is C26H48O4. The molecule has 0 heterocycles. The Kier molecular flexibility index (Phi) is 10.9. The summed E-state index contributed by atoms with van der Waals surface area (Å²) < 4.78 is 11.3. The molecule has 1 saturated carbocycles. The van der Waals surface area contributed by atoms with E-state index in [-0.39, 0.29) is 34.6 Å². The van der Waals surface area contributed by atoms with E-state index in [9.17, 15) is 9.59 Å². The van der Waals surface area contributed by atoms with E-state index in [1.165, 1.54) is 0 Å². The summed E-state index contributed by atoms with van der Waals surface area (Å²) in [7, 11) is 0. The number of esters is 2. The molecule has 0 aromatic heterocycles. The zero-order valence-electron chi connectivity index (χ0n) is 21.0. The largest absolute Gasteiger partial charge is 0.465 e. The molecule has 176 valence electrons. The molecule has 30 heavy (non-hydrogen) atoms. The van der Waals surface area contributed by atoms with Gasteiger partial charge in [-0.2, -0.15) is 0 Å². The molecule has 0 spiro atoms. The number of carbonyl (C=O) groups excluding carboxylic acids is 2. The maximum absolute atomic E-state index is 12.5. The predicted octanol–water partition coefficient (Wildman–Crippen LogP) is 6.80. The Morgan fingerprint density at radius 1 is 0.733 bits per heavy atom. The Labute approximate surface area is 185 Å². The molecule has 0 aromatic carbocycles. The van der Waals surface area contributed by atoms with Crippen molar-refractivity contribution in [3.05, 3.63) is 0 Å². The molecule has 0 amide bonds. The van der Waals surface area contributed by atoms with Crippen molar-refractivity contribution in [2.75, 3.05) is 13.2 Å². The second kappa shape index (κ2) is 12.1. The summed E-state index contributed by atoms with van der Waals surface area (Å²) in [5, 5.41) is 0. The second-order valence-electron chi connectivity index (χ2n) is 11.5. The molecule has 1 aliphatic carbocycles. The first-order valence-electron chi connectivity index (χ1n) is 12.2. The molecule has 0 bridgehead atoms. The fraction of sp³-hybridized carbons (Fsp3) is 0.923. The number of hydrogen-bond donors (Lipinski definition) is 0. The molecule has 4 heteroatoms. The van der Waals surface area contributed by atoms with E-state index in [0.29, 0.717) is 25.0 Å². The average Bonchev–Trinajstić information content (AvgIpc) is 2.69. The van der Waals surface area contributed by atoms with Gasteiger partial charge in [-0.1, -0.05) is 68.2 Å². The Balaban J connectivity index is 2.38. The van der Waals surface area contributed by atoms with Gasteiger partial charge in [-0.05, 0) is 61.2 Å². The Morgan fingerprint density at radius 2 is 1.03 bits per heavy atom. The van der Waals surface area contributed by atoms with Crippen LogP contribution in [0.25, 0.3) is 0 Å². The molecule has 0 radical (unpaired) electrons. The van der Waals surface area contributed by atoms with Crippen molar-refractivity contribution in [3.63, 3.8) is 0 Å². The topological polar surface area (TPSA) is 52.6 Å². The van der Waals surface area contributed by atoms with Gasteiger partial charge in [0.15, 0.2) is 0 Å². The van der Waals surface area contributed by atoms with E-state index in [4.69, 9.17) is 9.47 Å². The van der Waals surface area contributed by atoms with Crippen LogP contribution in [-0.4, -0.2) is 25.2 Å². The van der Waals surface area contributed by atoms with Gasteiger partial charge < -0.3 is 9.47 Å². The van der Waals surface area contributed by atoms with Crippen LogP contribution in [0.1, 0.15) is 107 Å². The molecule has 1 fully saturated rings. The Morgan fingerprint density at radius 3 is 1.30 bits per heavy atom. The van der Waals surface area contributed by atoms with Crippen molar-refractivity contribution in [1.29, 1.82) is 0 Å². The highest BCUT2D eigenvalue weighted by molar-refractivity contribution is 5.75. The van der Waals surface area contributed by atoms with Crippen LogP contribution in [0, 0.1) is 34.5 Å². The van der Waals surface area contributed by atoms with Gasteiger partial charge in [0.25, 0.3) is 0 Å². The first-order chi connectivity index (χ1) is 13.9. The SMILES string of the molecule is CCC(C)CC(C)(C)COC(=O)C1CCC(C(=O)OCC(C)(C)CC(C)CC)CC1. The minimum Gasteiger partial charge on any atom is -0.465 e. The van der Waals surface area contributed by atoms with Gasteiger partial charge >= 0.3 is 11.9 Å². The van der Waals surface area contributed by atoms with Crippen molar-refractivity contribution in [2.45, 2.75) is 107 Å². The maximum Gasteiger partial charge on any atom is 0.308 e. The van der Waals surface area contributed by atoms with Gasteiger partial charge in [0.05, 0.1) is 25.0 Å². The number of carbonyl (C=O) groups is 2. The summed E-state index contributed by atoms with van der Waals surface area (Å²) in [4.78, 5) is 25.1. The molecule has 0 aromatic rings. The minimum absolute atomic E-state index is 0.00811. The zero-order valence-corrected chi connectivity index (χ0v) is 21.0.